The molecule has 1 aliphatic rings. The van der Waals surface area contributed by atoms with Crippen LogP contribution in [0.5, 0.6) is 0 Å². The van der Waals surface area contributed by atoms with Gasteiger partial charge in [-0.1, -0.05) is 30.3 Å². The van der Waals surface area contributed by atoms with Crippen molar-refractivity contribution in [1.82, 2.24) is 4.31 Å². The lowest BCUT2D eigenvalue weighted by molar-refractivity contribution is 0.0601. The maximum atomic E-state index is 12.8. The van der Waals surface area contributed by atoms with Gasteiger partial charge in [-0.2, -0.15) is 4.31 Å². The van der Waals surface area contributed by atoms with Gasteiger partial charge in [0.1, 0.15) is 4.21 Å². The average Bonchev–Trinajstić information content (AvgIpc) is 3.22. The molecule has 0 bridgehead atoms. The first-order valence-electron chi connectivity index (χ1n) is 7.41. The molecule has 0 radical (unpaired) electrons. The molecule has 2 atom stereocenters. The topological polar surface area (TPSA) is 89.7 Å². The van der Waals surface area contributed by atoms with Crippen molar-refractivity contribution in [1.29, 1.82) is 0 Å². The Kier molecular flexibility index (Phi) is 6.23. The van der Waals surface area contributed by atoms with Crippen molar-refractivity contribution in [3.8, 4) is 0 Å². The quantitative estimate of drug-likeness (QED) is 0.790. The monoisotopic (exact) mass is 402 g/mol. The van der Waals surface area contributed by atoms with Gasteiger partial charge in [0.15, 0.2) is 0 Å². The second-order valence-corrected chi connectivity index (χ2v) is 8.73. The van der Waals surface area contributed by atoms with Gasteiger partial charge in [0, 0.05) is 30.4 Å². The number of nitrogens with two attached hydrogens (primary N) is 1. The Morgan fingerprint density at radius 2 is 1.96 bits per heavy atom. The molecule has 0 spiro atoms. The molecule has 2 N–H and O–H groups in total. The van der Waals surface area contributed by atoms with Crippen LogP contribution in [-0.4, -0.2) is 44.9 Å². The summed E-state index contributed by atoms with van der Waals surface area (Å²) in [6, 6.07) is 10.8. The normalized spacial score (nSPS) is 20.9. The molecule has 2 aromatic rings. The molecular weight excluding hydrogens is 384 g/mol. The fourth-order valence-corrected chi connectivity index (χ4v) is 5.65. The van der Waals surface area contributed by atoms with Crippen molar-refractivity contribution in [3.05, 3.63) is 52.9 Å². The predicted octanol–water partition coefficient (Wildman–Crippen LogP) is 2.07. The molecule has 9 heteroatoms. The lowest BCUT2D eigenvalue weighted by Gasteiger charge is -2.15. The van der Waals surface area contributed by atoms with Gasteiger partial charge in [0.05, 0.1) is 12.7 Å². The number of rotatable bonds is 4. The molecule has 1 saturated heterocycles. The van der Waals surface area contributed by atoms with E-state index < -0.39 is 16.0 Å². The van der Waals surface area contributed by atoms with Crippen molar-refractivity contribution in [2.24, 2.45) is 5.73 Å². The third-order valence-corrected chi connectivity index (χ3v) is 7.40. The summed E-state index contributed by atoms with van der Waals surface area (Å²) in [4.78, 5) is 11.5. The van der Waals surface area contributed by atoms with E-state index in [0.29, 0.717) is 6.54 Å². The van der Waals surface area contributed by atoms with E-state index in [-0.39, 0.29) is 40.7 Å². The van der Waals surface area contributed by atoms with Crippen LogP contribution >= 0.6 is 23.7 Å². The first kappa shape index (κ1) is 19.9. The van der Waals surface area contributed by atoms with Crippen LogP contribution in [-0.2, 0) is 14.8 Å². The predicted molar refractivity (Wildman–Crippen MR) is 98.8 cm³/mol. The zero-order chi connectivity index (χ0) is 17.3. The Bertz CT molecular complexity index is 839. The molecule has 0 unspecified atom stereocenters. The molecular formula is C16H19ClN2O4S2. The maximum Gasteiger partial charge on any atom is 0.338 e. The highest BCUT2D eigenvalue weighted by atomic mass is 35.5. The SMILES string of the molecule is COC(=O)c1csc(S(=O)(=O)N2C[C@@H](N)[C@H](c3ccccc3)C2)c1.Cl. The summed E-state index contributed by atoms with van der Waals surface area (Å²) in [6.45, 7) is 0.590. The number of ether oxygens (including phenoxy) is 1. The van der Waals surface area contributed by atoms with Crippen molar-refractivity contribution < 1.29 is 17.9 Å². The summed E-state index contributed by atoms with van der Waals surface area (Å²) in [5.41, 5.74) is 7.45. The van der Waals surface area contributed by atoms with Crippen LogP contribution in [0.4, 0.5) is 0 Å². The van der Waals surface area contributed by atoms with E-state index in [9.17, 15) is 13.2 Å². The van der Waals surface area contributed by atoms with Crippen molar-refractivity contribution >= 4 is 39.7 Å². The fourth-order valence-electron chi connectivity index (χ4n) is 2.84. The van der Waals surface area contributed by atoms with Gasteiger partial charge in [-0.05, 0) is 11.6 Å². The lowest BCUT2D eigenvalue weighted by Crippen LogP contribution is -2.31. The maximum absolute atomic E-state index is 12.8. The third-order valence-electron chi connectivity index (χ3n) is 4.15. The molecule has 136 valence electrons. The largest absolute Gasteiger partial charge is 0.465 e. The number of thiophene rings is 1. The van der Waals surface area contributed by atoms with Crippen LogP contribution in [0.25, 0.3) is 0 Å². The van der Waals surface area contributed by atoms with Crippen molar-refractivity contribution in [2.75, 3.05) is 20.2 Å². The molecule has 2 heterocycles. The van der Waals surface area contributed by atoms with E-state index >= 15 is 0 Å². The lowest BCUT2D eigenvalue weighted by atomic mass is 9.95. The Labute approximate surface area is 157 Å². The molecule has 1 fully saturated rings. The van der Waals surface area contributed by atoms with Crippen LogP contribution in [0.1, 0.15) is 21.8 Å². The number of esters is 1. The first-order valence-corrected chi connectivity index (χ1v) is 9.73. The third kappa shape index (κ3) is 3.88. The zero-order valence-electron chi connectivity index (χ0n) is 13.5. The van der Waals surface area contributed by atoms with E-state index in [4.69, 9.17) is 5.73 Å². The summed E-state index contributed by atoms with van der Waals surface area (Å²) in [5.74, 6) is -0.589. The van der Waals surface area contributed by atoms with Gasteiger partial charge in [0.25, 0.3) is 10.0 Å². The van der Waals surface area contributed by atoms with E-state index in [1.807, 2.05) is 30.3 Å². The van der Waals surface area contributed by atoms with Crippen LogP contribution in [0.3, 0.4) is 0 Å². The highest BCUT2D eigenvalue weighted by Gasteiger charge is 2.39. The van der Waals surface area contributed by atoms with E-state index in [1.165, 1.54) is 22.9 Å². The zero-order valence-corrected chi connectivity index (χ0v) is 15.9. The van der Waals surface area contributed by atoms with Gasteiger partial charge in [-0.3, -0.25) is 0 Å². The number of halogens is 1. The van der Waals surface area contributed by atoms with Crippen LogP contribution in [0.2, 0.25) is 0 Å². The summed E-state index contributed by atoms with van der Waals surface area (Å²) in [7, 11) is -2.41. The Morgan fingerprint density at radius 1 is 1.28 bits per heavy atom. The number of hydrogen-bond donors (Lipinski definition) is 1. The second-order valence-electron chi connectivity index (χ2n) is 5.65. The number of hydrogen-bond acceptors (Lipinski definition) is 6. The summed E-state index contributed by atoms with van der Waals surface area (Å²) in [5, 5.41) is 1.49. The van der Waals surface area contributed by atoms with Gasteiger partial charge >= 0.3 is 5.97 Å². The number of nitrogens with zero attached hydrogens (tertiary/aromatic N) is 1. The summed E-state index contributed by atoms with van der Waals surface area (Å²) < 4.78 is 31.8. The number of sulfonamides is 1. The molecule has 1 aromatic heterocycles. The highest BCUT2D eigenvalue weighted by molar-refractivity contribution is 7.91. The van der Waals surface area contributed by atoms with Crippen LogP contribution in [0, 0.1) is 0 Å². The average molecular weight is 403 g/mol. The van der Waals surface area contributed by atoms with Crippen LogP contribution < -0.4 is 5.73 Å². The summed E-state index contributed by atoms with van der Waals surface area (Å²) in [6.07, 6.45) is 0. The molecule has 1 aromatic carbocycles. The van der Waals surface area contributed by atoms with Gasteiger partial charge in [0.2, 0.25) is 0 Å². The molecule has 0 saturated carbocycles. The molecule has 0 aliphatic carbocycles. The Balaban J connectivity index is 0.00000225. The van der Waals surface area contributed by atoms with Gasteiger partial charge in [-0.15, -0.1) is 23.7 Å². The minimum atomic E-state index is -3.67. The molecule has 25 heavy (non-hydrogen) atoms. The van der Waals surface area contributed by atoms with E-state index in [2.05, 4.69) is 4.74 Å². The molecule has 0 amide bonds. The minimum Gasteiger partial charge on any atom is -0.465 e. The number of methoxy groups -OCH3 is 1. The standard InChI is InChI=1S/C16H18N2O4S2.ClH/c1-22-16(19)12-7-15(23-10-12)24(20,21)18-8-13(14(17)9-18)11-5-3-2-4-6-11;/h2-7,10,13-14H,8-9,17H2,1H3;1H/t13-,14+;/m0./s1. The van der Waals surface area contributed by atoms with Crippen molar-refractivity contribution in [2.45, 2.75) is 16.2 Å². The fraction of sp³-hybridized carbons (Fsp3) is 0.312. The Hall–Kier alpha value is -1.45. The minimum absolute atomic E-state index is 0. The van der Waals surface area contributed by atoms with Gasteiger partial charge < -0.3 is 10.5 Å². The summed E-state index contributed by atoms with van der Waals surface area (Å²) >= 11 is 1.01. The molecule has 6 nitrogen and oxygen atoms in total. The first-order chi connectivity index (χ1) is 11.4. The molecule has 1 aliphatic heterocycles. The molecule has 3 rings (SSSR count). The number of carbonyl (C=O) groups excluding carboxylic acids is 1. The van der Waals surface area contributed by atoms with Crippen molar-refractivity contribution in [3.63, 3.8) is 0 Å². The number of carbonyl (C=O) groups is 1. The number of benzene rings is 1. The highest BCUT2D eigenvalue weighted by Crippen LogP contribution is 2.32. The smallest absolute Gasteiger partial charge is 0.338 e. The second kappa shape index (κ2) is 7.84. The van der Waals surface area contributed by atoms with E-state index in [1.54, 1.807) is 0 Å². The van der Waals surface area contributed by atoms with Gasteiger partial charge in [-0.25, -0.2) is 13.2 Å². The Morgan fingerprint density at radius 3 is 2.60 bits per heavy atom. The van der Waals surface area contributed by atoms with Crippen LogP contribution in [0.15, 0.2) is 46.0 Å². The van der Waals surface area contributed by atoms with E-state index in [0.717, 1.165) is 16.9 Å².